The van der Waals surface area contributed by atoms with Gasteiger partial charge in [-0.15, -0.1) is 16.4 Å². The van der Waals surface area contributed by atoms with Gasteiger partial charge >= 0.3 is 6.01 Å². The first-order valence-corrected chi connectivity index (χ1v) is 9.11. The Labute approximate surface area is 169 Å². The number of benzene rings is 1. The lowest BCUT2D eigenvalue weighted by Gasteiger charge is -2.12. The van der Waals surface area contributed by atoms with E-state index in [-0.39, 0.29) is 11.9 Å². The Morgan fingerprint density at radius 3 is 2.43 bits per heavy atom. The van der Waals surface area contributed by atoms with E-state index in [0.717, 1.165) is 0 Å². The third-order valence-electron chi connectivity index (χ3n) is 3.55. The van der Waals surface area contributed by atoms with Crippen LogP contribution in [0.3, 0.4) is 0 Å². The second-order valence-corrected chi connectivity index (χ2v) is 7.01. The number of nitrogens with one attached hydrogen (secondary N) is 1. The summed E-state index contributed by atoms with van der Waals surface area (Å²) in [5.41, 5.74) is 0.684. The molecule has 28 heavy (non-hydrogen) atoms. The Hall–Kier alpha value is -3.04. The molecule has 1 amide bonds. The summed E-state index contributed by atoms with van der Waals surface area (Å²) in [6.45, 7) is 0. The second kappa shape index (κ2) is 8.77. The molecule has 0 bridgehead atoms. The molecule has 0 aliphatic rings. The number of nitrogens with zero attached hydrogens (tertiary/aromatic N) is 2. The first kappa shape index (κ1) is 19.7. The number of carbonyl (C=O) groups excluding carboxylic acids is 1. The Morgan fingerprint density at radius 2 is 1.86 bits per heavy atom. The molecule has 0 atom stereocenters. The molecule has 1 N–H and O–H groups in total. The normalized spacial score (nSPS) is 10.9. The third-order valence-corrected chi connectivity index (χ3v) is 4.77. The molecule has 0 fully saturated rings. The van der Waals surface area contributed by atoms with Gasteiger partial charge in [-0.3, -0.25) is 10.1 Å². The number of methoxy groups -OCH3 is 3. The maximum absolute atomic E-state index is 12.1. The SMILES string of the molecule is COc1cc(C=CC(=O)Nc2nnc(-c3ccc(Cl)s3)o2)cc(OC)c1OC. The van der Waals surface area contributed by atoms with Crippen molar-refractivity contribution in [3.05, 3.63) is 40.2 Å². The number of thiophene rings is 1. The number of carbonyl (C=O) groups is 1. The number of aromatic nitrogens is 2. The van der Waals surface area contributed by atoms with E-state index in [1.54, 1.807) is 30.3 Å². The molecule has 0 saturated heterocycles. The fraction of sp³-hybridized carbons (Fsp3) is 0.167. The number of hydrogen-bond donors (Lipinski definition) is 1. The Kier molecular flexibility index (Phi) is 6.17. The molecule has 0 aliphatic heterocycles. The van der Waals surface area contributed by atoms with Gasteiger partial charge in [-0.25, -0.2) is 0 Å². The topological polar surface area (TPSA) is 95.7 Å². The lowest BCUT2D eigenvalue weighted by Crippen LogP contribution is -2.07. The highest BCUT2D eigenvalue weighted by Gasteiger charge is 2.13. The highest BCUT2D eigenvalue weighted by Crippen LogP contribution is 2.38. The molecule has 0 spiro atoms. The van der Waals surface area contributed by atoms with E-state index in [4.69, 9.17) is 30.2 Å². The minimum atomic E-state index is -0.437. The Morgan fingerprint density at radius 1 is 1.14 bits per heavy atom. The van der Waals surface area contributed by atoms with Crippen molar-refractivity contribution in [2.45, 2.75) is 0 Å². The highest BCUT2D eigenvalue weighted by molar-refractivity contribution is 7.19. The average molecular weight is 422 g/mol. The van der Waals surface area contributed by atoms with Gasteiger partial charge in [0.1, 0.15) is 0 Å². The van der Waals surface area contributed by atoms with Crippen LogP contribution in [0, 0.1) is 0 Å². The molecular weight excluding hydrogens is 406 g/mol. The molecule has 1 aromatic carbocycles. The summed E-state index contributed by atoms with van der Waals surface area (Å²) in [5.74, 6) is 1.28. The van der Waals surface area contributed by atoms with Crippen molar-refractivity contribution in [1.82, 2.24) is 10.2 Å². The predicted octanol–water partition coefficient (Wildman–Crippen LogP) is 4.13. The molecule has 2 aromatic heterocycles. The maximum Gasteiger partial charge on any atom is 0.322 e. The second-order valence-electron chi connectivity index (χ2n) is 5.30. The largest absolute Gasteiger partial charge is 0.493 e. The van der Waals surface area contributed by atoms with Crippen molar-refractivity contribution in [3.8, 4) is 28.0 Å². The van der Waals surface area contributed by atoms with Gasteiger partial charge in [0.05, 0.1) is 30.5 Å². The van der Waals surface area contributed by atoms with Crippen LogP contribution in [0.15, 0.2) is 34.8 Å². The van der Waals surface area contributed by atoms with E-state index in [9.17, 15) is 4.79 Å². The molecule has 0 saturated carbocycles. The maximum atomic E-state index is 12.1. The first-order chi connectivity index (χ1) is 13.5. The molecule has 3 rings (SSSR count). The highest BCUT2D eigenvalue weighted by atomic mass is 35.5. The molecule has 0 radical (unpaired) electrons. The van der Waals surface area contributed by atoms with E-state index >= 15 is 0 Å². The fourth-order valence-corrected chi connectivity index (χ4v) is 3.28. The van der Waals surface area contributed by atoms with Crippen LogP contribution >= 0.6 is 22.9 Å². The number of ether oxygens (including phenoxy) is 3. The predicted molar refractivity (Wildman–Crippen MR) is 106 cm³/mol. The van der Waals surface area contributed by atoms with Crippen molar-refractivity contribution in [3.63, 3.8) is 0 Å². The molecule has 2 heterocycles. The van der Waals surface area contributed by atoms with Gasteiger partial charge in [0, 0.05) is 6.08 Å². The zero-order valence-corrected chi connectivity index (χ0v) is 16.8. The van der Waals surface area contributed by atoms with E-state index in [0.29, 0.717) is 32.0 Å². The van der Waals surface area contributed by atoms with Gasteiger partial charge in [0.2, 0.25) is 5.75 Å². The lowest BCUT2D eigenvalue weighted by atomic mass is 10.1. The average Bonchev–Trinajstić information content (AvgIpc) is 3.34. The summed E-state index contributed by atoms with van der Waals surface area (Å²) < 4.78 is 21.9. The summed E-state index contributed by atoms with van der Waals surface area (Å²) in [5, 5.41) is 10.2. The Balaban J connectivity index is 1.71. The van der Waals surface area contributed by atoms with Crippen LogP contribution in [0.1, 0.15) is 5.56 Å². The minimum absolute atomic E-state index is 0.0148. The van der Waals surface area contributed by atoms with Crippen molar-refractivity contribution in [2.75, 3.05) is 26.6 Å². The van der Waals surface area contributed by atoms with Gasteiger partial charge < -0.3 is 18.6 Å². The molecule has 10 heteroatoms. The zero-order valence-electron chi connectivity index (χ0n) is 15.2. The molecular formula is C18H16ClN3O5S. The van der Waals surface area contributed by atoms with E-state index in [1.807, 2.05) is 0 Å². The van der Waals surface area contributed by atoms with Crippen LogP contribution in [0.25, 0.3) is 16.8 Å². The standard InChI is InChI=1S/C18H16ClN3O5S/c1-24-11-8-10(9-12(25-2)16(11)26-3)4-7-15(23)20-18-22-21-17(27-18)13-5-6-14(19)28-13/h4-9H,1-3H3,(H,20,22,23). The van der Waals surface area contributed by atoms with Gasteiger partial charge in [0.15, 0.2) is 11.5 Å². The van der Waals surface area contributed by atoms with Gasteiger partial charge in [-0.1, -0.05) is 16.7 Å². The summed E-state index contributed by atoms with van der Waals surface area (Å²) in [6.07, 6.45) is 2.92. The quantitative estimate of drug-likeness (QED) is 0.573. The van der Waals surface area contributed by atoms with E-state index < -0.39 is 5.91 Å². The van der Waals surface area contributed by atoms with Crippen molar-refractivity contribution in [1.29, 1.82) is 0 Å². The molecule has 3 aromatic rings. The summed E-state index contributed by atoms with van der Waals surface area (Å²) >= 11 is 7.19. The molecule has 146 valence electrons. The van der Waals surface area contributed by atoms with Crippen LogP contribution < -0.4 is 19.5 Å². The number of anilines is 1. The van der Waals surface area contributed by atoms with Gasteiger partial charge in [0.25, 0.3) is 11.8 Å². The third kappa shape index (κ3) is 4.44. The van der Waals surface area contributed by atoms with Crippen LogP contribution in [-0.4, -0.2) is 37.4 Å². The lowest BCUT2D eigenvalue weighted by molar-refractivity contribution is -0.112. The molecule has 0 unspecified atom stereocenters. The fourth-order valence-electron chi connectivity index (χ4n) is 2.32. The van der Waals surface area contributed by atoms with Gasteiger partial charge in [-0.05, 0) is 35.9 Å². The van der Waals surface area contributed by atoms with Crippen LogP contribution in [-0.2, 0) is 4.79 Å². The summed E-state index contributed by atoms with van der Waals surface area (Å²) in [6, 6.07) is 6.91. The van der Waals surface area contributed by atoms with Crippen LogP contribution in [0.4, 0.5) is 6.01 Å². The van der Waals surface area contributed by atoms with Crippen molar-refractivity contribution < 1.29 is 23.4 Å². The van der Waals surface area contributed by atoms with Crippen molar-refractivity contribution >= 4 is 40.9 Å². The molecule has 0 aliphatic carbocycles. The first-order valence-electron chi connectivity index (χ1n) is 7.92. The zero-order chi connectivity index (χ0) is 20.1. The number of hydrogen-bond acceptors (Lipinski definition) is 8. The minimum Gasteiger partial charge on any atom is -0.493 e. The number of rotatable bonds is 7. The monoisotopic (exact) mass is 421 g/mol. The number of amides is 1. The molecule has 8 nitrogen and oxygen atoms in total. The summed E-state index contributed by atoms with van der Waals surface area (Å²) in [4.78, 5) is 12.9. The van der Waals surface area contributed by atoms with E-state index in [2.05, 4.69) is 15.5 Å². The smallest absolute Gasteiger partial charge is 0.322 e. The van der Waals surface area contributed by atoms with Crippen molar-refractivity contribution in [2.24, 2.45) is 0 Å². The number of halogens is 1. The van der Waals surface area contributed by atoms with E-state index in [1.165, 1.54) is 38.7 Å². The van der Waals surface area contributed by atoms with Crippen LogP contribution in [0.5, 0.6) is 17.2 Å². The Bertz CT molecular complexity index is 989. The summed E-state index contributed by atoms with van der Waals surface area (Å²) in [7, 11) is 4.56. The van der Waals surface area contributed by atoms with Gasteiger partial charge in [-0.2, -0.15) is 0 Å². The van der Waals surface area contributed by atoms with Crippen LogP contribution in [0.2, 0.25) is 4.34 Å².